The minimum Gasteiger partial charge on any atom is -0.489 e. The highest BCUT2D eigenvalue weighted by Crippen LogP contribution is 2.20. The van der Waals surface area contributed by atoms with Crippen LogP contribution in [0.3, 0.4) is 0 Å². The molecule has 1 aromatic carbocycles. The fraction of sp³-hybridized carbons (Fsp3) is 0.462. The van der Waals surface area contributed by atoms with Crippen LogP contribution in [0.15, 0.2) is 18.2 Å². The van der Waals surface area contributed by atoms with Crippen molar-refractivity contribution in [2.45, 2.75) is 19.4 Å². The molecule has 1 aromatic rings. The van der Waals surface area contributed by atoms with Crippen LogP contribution in [0.25, 0.3) is 0 Å². The average molecular weight is 252 g/mol. The molecular weight excluding hydrogens is 235 g/mol. The van der Waals surface area contributed by atoms with Crippen molar-refractivity contribution < 1.29 is 14.2 Å². The Balaban J connectivity index is 2.49. The number of aliphatic hydroxyl groups excluding tert-OH is 1. The summed E-state index contributed by atoms with van der Waals surface area (Å²) in [7, 11) is 0. The molecule has 0 fully saturated rings. The molecule has 0 spiro atoms. The van der Waals surface area contributed by atoms with Crippen LogP contribution in [0.2, 0.25) is 0 Å². The van der Waals surface area contributed by atoms with Crippen LogP contribution in [-0.2, 0) is 0 Å². The van der Waals surface area contributed by atoms with E-state index in [1.807, 2.05) is 6.92 Å². The van der Waals surface area contributed by atoms with Crippen LogP contribution in [0.4, 0.5) is 4.39 Å². The molecule has 0 aliphatic heterocycles. The first-order chi connectivity index (χ1) is 8.69. The molecule has 2 N–H and O–H groups in total. The maximum absolute atomic E-state index is 13.2. The number of ether oxygens (including phenoxy) is 1. The lowest BCUT2D eigenvalue weighted by molar-refractivity contribution is 0.106. The highest BCUT2D eigenvalue weighted by molar-refractivity contribution is 5.43. The number of nitriles is 1. The summed E-state index contributed by atoms with van der Waals surface area (Å²) in [5.41, 5.74) is -0.133. The van der Waals surface area contributed by atoms with E-state index < -0.39 is 11.9 Å². The maximum atomic E-state index is 13.2. The second-order valence-electron chi connectivity index (χ2n) is 3.89. The van der Waals surface area contributed by atoms with Gasteiger partial charge in [-0.15, -0.1) is 0 Å². The zero-order valence-electron chi connectivity index (χ0n) is 10.3. The number of rotatable bonds is 7. The number of aliphatic hydroxyl groups is 1. The molecule has 0 saturated carbocycles. The molecule has 0 aliphatic carbocycles. The summed E-state index contributed by atoms with van der Waals surface area (Å²) in [6.45, 7) is 3.28. The van der Waals surface area contributed by atoms with Crippen LogP contribution in [0.5, 0.6) is 5.75 Å². The van der Waals surface area contributed by atoms with Crippen LogP contribution in [0, 0.1) is 17.1 Å². The van der Waals surface area contributed by atoms with Crippen molar-refractivity contribution in [2.24, 2.45) is 0 Å². The van der Waals surface area contributed by atoms with E-state index in [-0.39, 0.29) is 17.9 Å². The Morgan fingerprint density at radius 1 is 1.56 bits per heavy atom. The second-order valence-corrected chi connectivity index (χ2v) is 3.89. The first-order valence-corrected chi connectivity index (χ1v) is 5.89. The lowest BCUT2D eigenvalue weighted by Gasteiger charge is -2.13. The van der Waals surface area contributed by atoms with Gasteiger partial charge in [-0.25, -0.2) is 4.39 Å². The maximum Gasteiger partial charge on any atom is 0.144 e. The first kappa shape index (κ1) is 14.4. The molecule has 0 bridgehead atoms. The summed E-state index contributed by atoms with van der Waals surface area (Å²) in [5, 5.41) is 21.4. The van der Waals surface area contributed by atoms with Crippen molar-refractivity contribution in [2.75, 3.05) is 19.7 Å². The Kier molecular flexibility index (Phi) is 6.12. The van der Waals surface area contributed by atoms with Crippen molar-refractivity contribution in [3.63, 3.8) is 0 Å². The van der Waals surface area contributed by atoms with E-state index in [2.05, 4.69) is 5.32 Å². The molecule has 1 rings (SSSR count). The molecule has 0 saturated heterocycles. The Morgan fingerprint density at radius 3 is 3.00 bits per heavy atom. The Bertz CT molecular complexity index is 418. The topological polar surface area (TPSA) is 65.3 Å². The minimum absolute atomic E-state index is 0.0227. The third-order valence-electron chi connectivity index (χ3n) is 2.33. The number of halogens is 1. The van der Waals surface area contributed by atoms with Gasteiger partial charge in [-0.1, -0.05) is 13.0 Å². The van der Waals surface area contributed by atoms with Crippen LogP contribution in [-0.4, -0.2) is 30.9 Å². The highest BCUT2D eigenvalue weighted by Gasteiger charge is 2.11. The summed E-state index contributed by atoms with van der Waals surface area (Å²) in [6.07, 6.45) is 0.294. The third-order valence-corrected chi connectivity index (χ3v) is 2.33. The molecule has 0 amide bonds. The fourth-order valence-corrected chi connectivity index (χ4v) is 1.42. The highest BCUT2D eigenvalue weighted by atomic mass is 19.1. The van der Waals surface area contributed by atoms with Gasteiger partial charge in [-0.05, 0) is 25.1 Å². The summed E-state index contributed by atoms with van der Waals surface area (Å²) in [4.78, 5) is 0. The summed E-state index contributed by atoms with van der Waals surface area (Å²) in [5.74, 6) is -0.458. The van der Waals surface area contributed by atoms with Crippen molar-refractivity contribution in [1.29, 1.82) is 5.26 Å². The molecular formula is C13H17FN2O2. The van der Waals surface area contributed by atoms with E-state index in [1.54, 1.807) is 6.07 Å². The summed E-state index contributed by atoms with van der Waals surface area (Å²) >= 11 is 0. The van der Waals surface area contributed by atoms with E-state index in [4.69, 9.17) is 10.00 Å². The zero-order valence-corrected chi connectivity index (χ0v) is 10.3. The quantitative estimate of drug-likeness (QED) is 0.721. The zero-order chi connectivity index (χ0) is 13.4. The van der Waals surface area contributed by atoms with Gasteiger partial charge in [0.05, 0.1) is 0 Å². The van der Waals surface area contributed by atoms with E-state index in [9.17, 15) is 9.50 Å². The van der Waals surface area contributed by atoms with Crippen LogP contribution in [0.1, 0.15) is 18.9 Å². The fourth-order valence-electron chi connectivity index (χ4n) is 1.42. The Hall–Kier alpha value is -1.64. The van der Waals surface area contributed by atoms with E-state index in [0.29, 0.717) is 6.54 Å². The van der Waals surface area contributed by atoms with E-state index >= 15 is 0 Å². The molecule has 1 unspecified atom stereocenters. The largest absolute Gasteiger partial charge is 0.489 e. The van der Waals surface area contributed by atoms with E-state index in [0.717, 1.165) is 13.0 Å². The number of nitrogens with one attached hydrogen (secondary N) is 1. The minimum atomic E-state index is -0.689. The van der Waals surface area contributed by atoms with Crippen LogP contribution >= 0.6 is 0 Å². The van der Waals surface area contributed by atoms with Gasteiger partial charge >= 0.3 is 0 Å². The SMILES string of the molecule is CCCNCC(O)COc1cccc(F)c1C#N. The van der Waals surface area contributed by atoms with Gasteiger partial charge < -0.3 is 15.2 Å². The molecule has 18 heavy (non-hydrogen) atoms. The number of hydrogen-bond donors (Lipinski definition) is 2. The number of hydrogen-bond acceptors (Lipinski definition) is 4. The normalized spacial score (nSPS) is 11.9. The van der Waals surface area contributed by atoms with Gasteiger partial charge in [0.25, 0.3) is 0 Å². The molecule has 0 aliphatic rings. The third kappa shape index (κ3) is 4.32. The predicted molar refractivity (Wildman–Crippen MR) is 65.8 cm³/mol. The number of benzene rings is 1. The lowest BCUT2D eigenvalue weighted by Crippen LogP contribution is -2.31. The van der Waals surface area contributed by atoms with E-state index in [1.165, 1.54) is 18.2 Å². The molecule has 4 nitrogen and oxygen atoms in total. The Labute approximate surface area is 106 Å². The molecule has 0 aromatic heterocycles. The average Bonchev–Trinajstić information content (AvgIpc) is 2.36. The van der Waals surface area contributed by atoms with Gasteiger partial charge in [0.15, 0.2) is 0 Å². The van der Waals surface area contributed by atoms with Crippen molar-refractivity contribution in [3.05, 3.63) is 29.6 Å². The van der Waals surface area contributed by atoms with Crippen molar-refractivity contribution in [1.82, 2.24) is 5.32 Å². The lowest BCUT2D eigenvalue weighted by atomic mass is 10.2. The summed E-state index contributed by atoms with van der Waals surface area (Å²) in [6, 6.07) is 5.91. The number of nitrogens with zero attached hydrogens (tertiary/aromatic N) is 1. The first-order valence-electron chi connectivity index (χ1n) is 5.89. The standard InChI is InChI=1S/C13H17FN2O2/c1-2-6-16-8-10(17)9-18-13-5-3-4-12(14)11(13)7-15/h3-5,10,16-17H,2,6,8-9H2,1H3. The van der Waals surface area contributed by atoms with Gasteiger partial charge in [0.2, 0.25) is 0 Å². The smallest absolute Gasteiger partial charge is 0.144 e. The van der Waals surface area contributed by atoms with Gasteiger partial charge in [0, 0.05) is 6.54 Å². The molecule has 0 radical (unpaired) electrons. The Morgan fingerprint density at radius 2 is 2.33 bits per heavy atom. The molecule has 5 heteroatoms. The summed E-state index contributed by atoms with van der Waals surface area (Å²) < 4.78 is 18.5. The van der Waals surface area contributed by atoms with Gasteiger partial charge in [0.1, 0.15) is 35.9 Å². The van der Waals surface area contributed by atoms with Crippen LogP contribution < -0.4 is 10.1 Å². The second kappa shape index (κ2) is 7.64. The predicted octanol–water partition coefficient (Wildman–Crippen LogP) is 1.44. The van der Waals surface area contributed by atoms with Crippen molar-refractivity contribution in [3.8, 4) is 11.8 Å². The molecule has 0 heterocycles. The van der Waals surface area contributed by atoms with Gasteiger partial charge in [-0.2, -0.15) is 5.26 Å². The molecule has 98 valence electrons. The van der Waals surface area contributed by atoms with Crippen molar-refractivity contribution >= 4 is 0 Å². The monoisotopic (exact) mass is 252 g/mol. The molecule has 1 atom stereocenters. The van der Waals surface area contributed by atoms with Gasteiger partial charge in [-0.3, -0.25) is 0 Å².